The molecule has 0 saturated carbocycles. The third kappa shape index (κ3) is 6.66. The lowest BCUT2D eigenvalue weighted by Crippen LogP contribution is -2.33. The van der Waals surface area contributed by atoms with Crippen molar-refractivity contribution >= 4 is 17.3 Å². The Balaban J connectivity index is 2.59. The van der Waals surface area contributed by atoms with Gasteiger partial charge in [0, 0.05) is 53.6 Å². The zero-order valence-electron chi connectivity index (χ0n) is 13.5. The smallest absolute Gasteiger partial charge is 0.0712 e. The molecule has 5 heteroatoms. The second-order valence-corrected chi connectivity index (χ2v) is 5.77. The maximum Gasteiger partial charge on any atom is 0.0712 e. The molecular formula is C16H27ClN2O2. The van der Waals surface area contributed by atoms with Gasteiger partial charge >= 0.3 is 0 Å². The van der Waals surface area contributed by atoms with Gasteiger partial charge in [-0.05, 0) is 17.7 Å². The van der Waals surface area contributed by atoms with Crippen molar-refractivity contribution in [3.05, 3.63) is 29.8 Å². The van der Waals surface area contributed by atoms with E-state index in [0.717, 1.165) is 25.2 Å². The van der Waals surface area contributed by atoms with E-state index in [1.807, 2.05) is 14.1 Å². The largest absolute Gasteiger partial charge is 0.383 e. The number of anilines is 1. The molecule has 0 bridgehead atoms. The SMILES string of the molecule is COCCN(CCOC)CC(Cl)c1ccc(N(C)C)cc1. The fraction of sp³-hybridized carbons (Fsp3) is 0.625. The molecule has 0 aliphatic heterocycles. The van der Waals surface area contributed by atoms with Crippen molar-refractivity contribution in [2.75, 3.05) is 66.1 Å². The van der Waals surface area contributed by atoms with Gasteiger partial charge in [-0.3, -0.25) is 4.90 Å². The summed E-state index contributed by atoms with van der Waals surface area (Å²) in [5.41, 5.74) is 2.32. The van der Waals surface area contributed by atoms with Gasteiger partial charge in [0.15, 0.2) is 0 Å². The molecule has 0 N–H and O–H groups in total. The molecule has 0 saturated heterocycles. The predicted octanol–water partition coefficient (Wildman–Crippen LogP) is 2.63. The molecule has 0 aliphatic carbocycles. The van der Waals surface area contributed by atoms with Crippen molar-refractivity contribution in [1.82, 2.24) is 4.90 Å². The van der Waals surface area contributed by atoms with E-state index < -0.39 is 0 Å². The van der Waals surface area contributed by atoms with Crippen LogP contribution in [0.4, 0.5) is 5.69 Å². The number of methoxy groups -OCH3 is 2. The summed E-state index contributed by atoms with van der Waals surface area (Å²) in [4.78, 5) is 4.35. The lowest BCUT2D eigenvalue weighted by atomic mass is 10.1. The first-order valence-corrected chi connectivity index (χ1v) is 7.63. The number of nitrogens with zero attached hydrogens (tertiary/aromatic N) is 2. The second kappa shape index (κ2) is 10.0. The Labute approximate surface area is 133 Å². The maximum atomic E-state index is 6.55. The third-order valence-corrected chi connectivity index (χ3v) is 3.80. The van der Waals surface area contributed by atoms with Crippen LogP contribution in [0.3, 0.4) is 0 Å². The fourth-order valence-corrected chi connectivity index (χ4v) is 2.39. The van der Waals surface area contributed by atoms with E-state index in [-0.39, 0.29) is 5.38 Å². The molecule has 0 amide bonds. The van der Waals surface area contributed by atoms with E-state index in [2.05, 4.69) is 34.1 Å². The van der Waals surface area contributed by atoms with Crippen LogP contribution in [-0.2, 0) is 9.47 Å². The van der Waals surface area contributed by atoms with Crippen LogP contribution in [0.2, 0.25) is 0 Å². The average Bonchev–Trinajstić information content (AvgIpc) is 2.49. The van der Waals surface area contributed by atoms with Gasteiger partial charge < -0.3 is 14.4 Å². The Hall–Kier alpha value is -0.810. The van der Waals surface area contributed by atoms with E-state index in [1.165, 1.54) is 5.69 Å². The number of hydrogen-bond donors (Lipinski definition) is 0. The zero-order valence-corrected chi connectivity index (χ0v) is 14.3. The molecule has 21 heavy (non-hydrogen) atoms. The van der Waals surface area contributed by atoms with E-state index in [9.17, 15) is 0 Å². The zero-order chi connectivity index (χ0) is 15.7. The quantitative estimate of drug-likeness (QED) is 0.620. The number of alkyl halides is 1. The third-order valence-electron chi connectivity index (χ3n) is 3.41. The summed E-state index contributed by atoms with van der Waals surface area (Å²) in [6.45, 7) is 3.91. The van der Waals surface area contributed by atoms with Crippen molar-refractivity contribution in [3.63, 3.8) is 0 Å². The normalized spacial score (nSPS) is 12.7. The first-order chi connectivity index (χ1) is 10.1. The minimum absolute atomic E-state index is 0.0325. The number of hydrogen-bond acceptors (Lipinski definition) is 4. The molecular weight excluding hydrogens is 288 g/mol. The minimum Gasteiger partial charge on any atom is -0.383 e. The van der Waals surface area contributed by atoms with Crippen LogP contribution >= 0.6 is 11.6 Å². The highest BCUT2D eigenvalue weighted by atomic mass is 35.5. The molecule has 4 nitrogen and oxygen atoms in total. The molecule has 1 unspecified atom stereocenters. The molecule has 120 valence electrons. The Morgan fingerprint density at radius 1 is 1.00 bits per heavy atom. The Kier molecular flexibility index (Phi) is 8.69. The maximum absolute atomic E-state index is 6.55. The van der Waals surface area contributed by atoms with E-state index in [0.29, 0.717) is 13.2 Å². The van der Waals surface area contributed by atoms with Crippen molar-refractivity contribution in [2.24, 2.45) is 0 Å². The van der Waals surface area contributed by atoms with Crippen LogP contribution in [0.5, 0.6) is 0 Å². The first kappa shape index (κ1) is 18.2. The van der Waals surface area contributed by atoms with E-state index >= 15 is 0 Å². The molecule has 1 aromatic rings. The predicted molar refractivity (Wildman–Crippen MR) is 89.6 cm³/mol. The van der Waals surface area contributed by atoms with Gasteiger partial charge in [-0.2, -0.15) is 0 Å². The van der Waals surface area contributed by atoms with Gasteiger partial charge in [0.05, 0.1) is 18.6 Å². The van der Waals surface area contributed by atoms with E-state index in [1.54, 1.807) is 14.2 Å². The molecule has 0 aliphatic rings. The van der Waals surface area contributed by atoms with Crippen LogP contribution in [0, 0.1) is 0 Å². The highest BCUT2D eigenvalue weighted by Crippen LogP contribution is 2.24. The van der Waals surface area contributed by atoms with Gasteiger partial charge in [-0.15, -0.1) is 11.6 Å². The molecule has 1 atom stereocenters. The summed E-state index contributed by atoms with van der Waals surface area (Å²) < 4.78 is 10.3. The first-order valence-electron chi connectivity index (χ1n) is 7.20. The van der Waals surface area contributed by atoms with Gasteiger partial charge in [0.25, 0.3) is 0 Å². The fourth-order valence-electron chi connectivity index (χ4n) is 2.05. The number of rotatable bonds is 10. The van der Waals surface area contributed by atoms with Crippen molar-refractivity contribution < 1.29 is 9.47 Å². The van der Waals surface area contributed by atoms with Crippen molar-refractivity contribution in [2.45, 2.75) is 5.38 Å². The highest BCUT2D eigenvalue weighted by Gasteiger charge is 2.14. The summed E-state index contributed by atoms with van der Waals surface area (Å²) in [6.07, 6.45) is 0. The lowest BCUT2D eigenvalue weighted by Gasteiger charge is -2.24. The Morgan fingerprint density at radius 3 is 1.95 bits per heavy atom. The van der Waals surface area contributed by atoms with Crippen LogP contribution in [0.25, 0.3) is 0 Å². The van der Waals surface area contributed by atoms with Crippen LogP contribution < -0.4 is 4.90 Å². The highest BCUT2D eigenvalue weighted by molar-refractivity contribution is 6.21. The lowest BCUT2D eigenvalue weighted by molar-refractivity contribution is 0.114. The average molecular weight is 315 g/mol. The van der Waals surface area contributed by atoms with Crippen molar-refractivity contribution in [1.29, 1.82) is 0 Å². The second-order valence-electron chi connectivity index (χ2n) is 5.24. The summed E-state index contributed by atoms with van der Waals surface area (Å²) in [5, 5.41) is -0.0325. The summed E-state index contributed by atoms with van der Waals surface area (Å²) >= 11 is 6.55. The molecule has 1 rings (SSSR count). The molecule has 0 fully saturated rings. The molecule has 0 radical (unpaired) electrons. The number of benzene rings is 1. The number of halogens is 1. The van der Waals surface area contributed by atoms with Gasteiger partial charge in [0.1, 0.15) is 0 Å². The van der Waals surface area contributed by atoms with Crippen LogP contribution in [-0.4, -0.2) is 66.1 Å². The topological polar surface area (TPSA) is 24.9 Å². The molecule has 0 spiro atoms. The van der Waals surface area contributed by atoms with Crippen LogP contribution in [0.15, 0.2) is 24.3 Å². The van der Waals surface area contributed by atoms with E-state index in [4.69, 9.17) is 21.1 Å². The van der Waals surface area contributed by atoms with Crippen LogP contribution in [0.1, 0.15) is 10.9 Å². The number of ether oxygens (including phenoxy) is 2. The van der Waals surface area contributed by atoms with Crippen molar-refractivity contribution in [3.8, 4) is 0 Å². The van der Waals surface area contributed by atoms with Gasteiger partial charge in [0.2, 0.25) is 0 Å². The summed E-state index contributed by atoms with van der Waals surface area (Å²) in [6, 6.07) is 8.38. The molecule has 0 aromatic heterocycles. The standard InChI is InChI=1S/C16H27ClN2O2/c1-18(2)15-7-5-14(6-8-15)16(17)13-19(9-11-20-3)10-12-21-4/h5-8,16H,9-13H2,1-4H3. The van der Waals surface area contributed by atoms with Gasteiger partial charge in [-0.25, -0.2) is 0 Å². The summed E-state index contributed by atoms with van der Waals surface area (Å²) in [7, 11) is 7.49. The molecule has 0 heterocycles. The summed E-state index contributed by atoms with van der Waals surface area (Å²) in [5.74, 6) is 0. The Morgan fingerprint density at radius 2 is 1.52 bits per heavy atom. The Bertz CT molecular complexity index is 376. The minimum atomic E-state index is -0.0325. The molecule has 1 aromatic carbocycles. The monoisotopic (exact) mass is 314 g/mol. The van der Waals surface area contributed by atoms with Gasteiger partial charge in [-0.1, -0.05) is 12.1 Å².